The number of phenols is 2. The van der Waals surface area contributed by atoms with Gasteiger partial charge in [0.1, 0.15) is 0 Å². The number of rotatable bonds is 3. The minimum atomic E-state index is -1.05. The second-order valence-electron chi connectivity index (χ2n) is 5.11. The molecule has 1 aliphatic heterocycles. The molecule has 0 aliphatic carbocycles. The molecule has 1 heterocycles. The minimum Gasteiger partial charge on any atom is -0.504 e. The lowest BCUT2D eigenvalue weighted by Gasteiger charge is -2.36. The third-order valence-electron chi connectivity index (χ3n) is 3.64. The smallest absolute Gasteiger partial charge is 0.328 e. The lowest BCUT2D eigenvalue weighted by molar-refractivity contribution is -0.131. The molecule has 1 aromatic carbocycles. The molecular weight excluding hydrogens is 258 g/mol. The van der Waals surface area contributed by atoms with E-state index in [9.17, 15) is 15.0 Å². The van der Waals surface area contributed by atoms with Gasteiger partial charge < -0.3 is 20.2 Å². The van der Waals surface area contributed by atoms with Gasteiger partial charge in [0.15, 0.2) is 11.5 Å². The van der Waals surface area contributed by atoms with Crippen LogP contribution >= 0.6 is 0 Å². The Hall–Kier alpha value is -2.17. The summed E-state index contributed by atoms with van der Waals surface area (Å²) in [7, 11) is 0. The van der Waals surface area contributed by atoms with E-state index in [1.54, 1.807) is 0 Å². The van der Waals surface area contributed by atoms with Crippen molar-refractivity contribution in [3.05, 3.63) is 23.8 Å². The van der Waals surface area contributed by atoms with Crippen molar-refractivity contribution in [2.45, 2.75) is 32.2 Å². The van der Waals surface area contributed by atoms with Crippen LogP contribution in [0.3, 0.4) is 0 Å². The van der Waals surface area contributed by atoms with Crippen molar-refractivity contribution in [1.29, 1.82) is 0 Å². The third kappa shape index (κ3) is 3.04. The Morgan fingerprint density at radius 2 is 2.00 bits per heavy atom. The van der Waals surface area contributed by atoms with Crippen LogP contribution in [0, 0.1) is 0 Å². The Balaban J connectivity index is 2.43. The average Bonchev–Trinajstić information content (AvgIpc) is 2.40. The Morgan fingerprint density at radius 1 is 1.30 bits per heavy atom. The van der Waals surface area contributed by atoms with Gasteiger partial charge in [0.05, 0.1) is 0 Å². The summed E-state index contributed by atoms with van der Waals surface area (Å²) in [6.45, 7) is 2.97. The predicted octanol–water partition coefficient (Wildman–Crippen LogP) is 2.57. The molecule has 1 unspecified atom stereocenters. The SMILES string of the molecule is CC1CCCCN1c1cc(O)c(O)cc1/C=C/C(=O)O. The number of hydrogen-bond acceptors (Lipinski definition) is 4. The summed E-state index contributed by atoms with van der Waals surface area (Å²) in [6, 6.07) is 3.22. The Labute approximate surface area is 117 Å². The lowest BCUT2D eigenvalue weighted by Crippen LogP contribution is -2.37. The fourth-order valence-corrected chi connectivity index (χ4v) is 2.58. The first-order valence-corrected chi connectivity index (χ1v) is 6.72. The van der Waals surface area contributed by atoms with Crippen molar-refractivity contribution < 1.29 is 20.1 Å². The molecule has 0 amide bonds. The van der Waals surface area contributed by atoms with Crippen molar-refractivity contribution >= 4 is 17.7 Å². The number of piperidine rings is 1. The predicted molar refractivity (Wildman–Crippen MR) is 77.1 cm³/mol. The van der Waals surface area contributed by atoms with Crippen molar-refractivity contribution in [1.82, 2.24) is 0 Å². The van der Waals surface area contributed by atoms with Crippen LogP contribution in [-0.2, 0) is 4.79 Å². The quantitative estimate of drug-likeness (QED) is 0.584. The van der Waals surface area contributed by atoms with Gasteiger partial charge in [-0.1, -0.05) is 0 Å². The molecule has 1 aliphatic rings. The number of hydrogen-bond donors (Lipinski definition) is 3. The normalized spacial score (nSPS) is 19.4. The molecule has 0 saturated carbocycles. The molecular formula is C15H19NO4. The zero-order valence-electron chi connectivity index (χ0n) is 11.4. The molecule has 5 heteroatoms. The summed E-state index contributed by atoms with van der Waals surface area (Å²) in [4.78, 5) is 12.8. The summed E-state index contributed by atoms with van der Waals surface area (Å²) >= 11 is 0. The van der Waals surface area contributed by atoms with Crippen LogP contribution in [0.5, 0.6) is 11.5 Å². The Bertz CT molecular complexity index is 539. The molecule has 108 valence electrons. The van der Waals surface area contributed by atoms with E-state index < -0.39 is 5.97 Å². The van der Waals surface area contributed by atoms with Crippen molar-refractivity contribution in [2.24, 2.45) is 0 Å². The number of benzene rings is 1. The van der Waals surface area contributed by atoms with Crippen LogP contribution in [-0.4, -0.2) is 33.9 Å². The molecule has 20 heavy (non-hydrogen) atoms. The highest BCUT2D eigenvalue weighted by Gasteiger charge is 2.21. The van der Waals surface area contributed by atoms with Crippen LogP contribution in [0.4, 0.5) is 5.69 Å². The van der Waals surface area contributed by atoms with Gasteiger partial charge in [0.25, 0.3) is 0 Å². The highest BCUT2D eigenvalue weighted by molar-refractivity contribution is 5.87. The number of carboxylic acids is 1. The first-order chi connectivity index (χ1) is 9.49. The third-order valence-corrected chi connectivity index (χ3v) is 3.64. The number of phenolic OH excluding ortho intramolecular Hbond substituents is 2. The van der Waals surface area contributed by atoms with Gasteiger partial charge >= 0.3 is 5.97 Å². The fourth-order valence-electron chi connectivity index (χ4n) is 2.58. The zero-order valence-corrected chi connectivity index (χ0v) is 11.4. The second-order valence-corrected chi connectivity index (χ2v) is 5.11. The van der Waals surface area contributed by atoms with Crippen LogP contribution in [0.1, 0.15) is 31.7 Å². The van der Waals surface area contributed by atoms with Gasteiger partial charge in [0, 0.05) is 36.0 Å². The minimum absolute atomic E-state index is 0.190. The molecule has 0 bridgehead atoms. The maximum atomic E-state index is 10.7. The van der Waals surface area contributed by atoms with E-state index in [0.717, 1.165) is 31.1 Å². The summed E-state index contributed by atoms with van der Waals surface area (Å²) in [6.07, 6.45) is 5.77. The van der Waals surface area contributed by atoms with Crippen molar-refractivity contribution in [2.75, 3.05) is 11.4 Å². The Morgan fingerprint density at radius 3 is 2.65 bits per heavy atom. The van der Waals surface area contributed by atoms with Crippen molar-refractivity contribution in [3.63, 3.8) is 0 Å². The molecule has 1 atom stereocenters. The van der Waals surface area contributed by atoms with Crippen LogP contribution in [0.2, 0.25) is 0 Å². The number of nitrogens with zero attached hydrogens (tertiary/aromatic N) is 1. The first kappa shape index (κ1) is 14.2. The molecule has 1 saturated heterocycles. The lowest BCUT2D eigenvalue weighted by atomic mass is 10.0. The average molecular weight is 277 g/mol. The van der Waals surface area contributed by atoms with E-state index in [1.807, 2.05) is 0 Å². The highest BCUT2D eigenvalue weighted by Crippen LogP contribution is 2.36. The summed E-state index contributed by atoms with van der Waals surface area (Å²) < 4.78 is 0. The number of aliphatic carboxylic acids is 1. The molecule has 0 aromatic heterocycles. The van der Waals surface area contributed by atoms with Gasteiger partial charge in [0.2, 0.25) is 0 Å². The van der Waals surface area contributed by atoms with E-state index in [0.29, 0.717) is 11.6 Å². The summed E-state index contributed by atoms with van der Waals surface area (Å²) in [5, 5.41) is 28.0. The number of carbonyl (C=O) groups is 1. The number of anilines is 1. The second kappa shape index (κ2) is 5.86. The van der Waals surface area contributed by atoms with Gasteiger partial charge in [-0.2, -0.15) is 0 Å². The van der Waals surface area contributed by atoms with E-state index in [4.69, 9.17) is 5.11 Å². The van der Waals surface area contributed by atoms with Crippen LogP contribution in [0.15, 0.2) is 18.2 Å². The van der Waals surface area contributed by atoms with Gasteiger partial charge in [-0.05, 0) is 38.3 Å². The maximum absolute atomic E-state index is 10.7. The molecule has 2 rings (SSSR count). The Kier molecular flexibility index (Phi) is 4.17. The van der Waals surface area contributed by atoms with Gasteiger partial charge in [-0.15, -0.1) is 0 Å². The standard InChI is InChI=1S/C15H19NO4/c1-10-4-2-3-7-16(10)12-9-14(18)13(17)8-11(12)5-6-15(19)20/h5-6,8-10,17-18H,2-4,7H2,1H3,(H,19,20)/b6-5+. The molecule has 3 N–H and O–H groups in total. The number of carboxylic acid groups (broad SMARTS) is 1. The molecule has 1 fully saturated rings. The first-order valence-electron chi connectivity index (χ1n) is 6.72. The zero-order chi connectivity index (χ0) is 14.7. The molecule has 0 spiro atoms. The molecule has 0 radical (unpaired) electrons. The number of aromatic hydroxyl groups is 2. The molecule has 1 aromatic rings. The van der Waals surface area contributed by atoms with Crippen LogP contribution in [0.25, 0.3) is 6.08 Å². The fraction of sp³-hybridized carbons (Fsp3) is 0.400. The highest BCUT2D eigenvalue weighted by atomic mass is 16.4. The van der Waals surface area contributed by atoms with Gasteiger partial charge in [-0.3, -0.25) is 0 Å². The maximum Gasteiger partial charge on any atom is 0.328 e. The van der Waals surface area contributed by atoms with Gasteiger partial charge in [-0.25, -0.2) is 4.79 Å². The van der Waals surface area contributed by atoms with E-state index >= 15 is 0 Å². The van der Waals surface area contributed by atoms with E-state index in [2.05, 4.69) is 11.8 Å². The van der Waals surface area contributed by atoms with E-state index in [1.165, 1.54) is 24.6 Å². The molecule has 5 nitrogen and oxygen atoms in total. The monoisotopic (exact) mass is 277 g/mol. The van der Waals surface area contributed by atoms with Crippen molar-refractivity contribution in [3.8, 4) is 11.5 Å². The largest absolute Gasteiger partial charge is 0.504 e. The van der Waals surface area contributed by atoms with E-state index in [-0.39, 0.29) is 11.5 Å². The summed E-state index contributed by atoms with van der Waals surface area (Å²) in [5.41, 5.74) is 1.35. The van der Waals surface area contributed by atoms with Crippen LogP contribution < -0.4 is 4.90 Å². The summed E-state index contributed by atoms with van der Waals surface area (Å²) in [5.74, 6) is -1.48. The topological polar surface area (TPSA) is 81.0 Å².